The molecule has 0 saturated carbocycles. The van der Waals surface area contributed by atoms with Crippen LogP contribution in [-0.4, -0.2) is 21.4 Å². The van der Waals surface area contributed by atoms with E-state index in [0.29, 0.717) is 17.2 Å². The molecule has 0 aromatic heterocycles. The van der Waals surface area contributed by atoms with Gasteiger partial charge in [-0.2, -0.15) is 0 Å². The Morgan fingerprint density at radius 1 is 1.04 bits per heavy atom. The maximum Gasteiger partial charge on any atom is 0.261 e. The van der Waals surface area contributed by atoms with E-state index in [2.05, 4.69) is 23.9 Å². The fraction of sp³-hybridized carbons (Fsp3) is 0.278. The molecule has 2 N–H and O–H groups in total. The third-order valence-corrected chi connectivity index (χ3v) is 5.20. The first-order valence-electron chi connectivity index (χ1n) is 7.70. The number of sulfonamides is 1. The number of aryl methyl sites for hydroxylation is 1. The van der Waals surface area contributed by atoms with Crippen molar-refractivity contribution in [1.29, 1.82) is 0 Å². The molecule has 0 aliphatic rings. The molecule has 0 aliphatic carbocycles. The van der Waals surface area contributed by atoms with Crippen molar-refractivity contribution in [1.82, 2.24) is 5.32 Å². The van der Waals surface area contributed by atoms with Crippen molar-refractivity contribution in [3.63, 3.8) is 0 Å². The second-order valence-corrected chi connectivity index (χ2v) is 7.62. The number of hydrogen-bond donors (Lipinski definition) is 2. The molecule has 0 fully saturated rings. The van der Waals surface area contributed by atoms with Crippen molar-refractivity contribution < 1.29 is 13.2 Å². The zero-order valence-corrected chi connectivity index (χ0v) is 15.1. The lowest BCUT2D eigenvalue weighted by molar-refractivity contribution is 0.0962. The van der Waals surface area contributed by atoms with E-state index in [1.807, 2.05) is 12.1 Å². The summed E-state index contributed by atoms with van der Waals surface area (Å²) in [4.78, 5) is 11.9. The normalized spacial score (nSPS) is 11.4. The van der Waals surface area contributed by atoms with E-state index in [1.54, 1.807) is 25.1 Å². The fourth-order valence-electron chi connectivity index (χ4n) is 2.30. The molecule has 0 spiro atoms. The highest BCUT2D eigenvalue weighted by Gasteiger charge is 2.18. The third kappa shape index (κ3) is 3.94. The molecule has 5 nitrogen and oxygen atoms in total. The van der Waals surface area contributed by atoms with Gasteiger partial charge in [-0.1, -0.05) is 32.0 Å². The van der Waals surface area contributed by atoms with Crippen molar-refractivity contribution in [3.05, 3.63) is 59.2 Å². The molecule has 0 heterocycles. The molecule has 0 unspecified atom stereocenters. The largest absolute Gasteiger partial charge is 0.355 e. The molecular formula is C18H22N2O3S. The molecule has 2 aromatic carbocycles. The van der Waals surface area contributed by atoms with Crippen molar-refractivity contribution in [2.24, 2.45) is 0 Å². The number of carbonyl (C=O) groups is 1. The fourth-order valence-corrected chi connectivity index (χ4v) is 3.38. The van der Waals surface area contributed by atoms with E-state index >= 15 is 0 Å². The SMILES string of the molecule is CNC(=O)c1cc(S(=O)(=O)Nc2ccc(C(C)C)cc2)ccc1C. The summed E-state index contributed by atoms with van der Waals surface area (Å²) in [5, 5.41) is 2.51. The molecule has 0 saturated heterocycles. The summed E-state index contributed by atoms with van der Waals surface area (Å²) in [6.45, 7) is 5.91. The second-order valence-electron chi connectivity index (χ2n) is 5.94. The van der Waals surface area contributed by atoms with E-state index in [4.69, 9.17) is 0 Å². The Morgan fingerprint density at radius 3 is 2.21 bits per heavy atom. The molecule has 0 radical (unpaired) electrons. The number of nitrogens with one attached hydrogen (secondary N) is 2. The summed E-state index contributed by atoms with van der Waals surface area (Å²) < 4.78 is 27.6. The van der Waals surface area contributed by atoms with Gasteiger partial charge in [-0.3, -0.25) is 9.52 Å². The minimum atomic E-state index is -3.76. The number of amides is 1. The molecule has 128 valence electrons. The lowest BCUT2D eigenvalue weighted by Gasteiger charge is -2.12. The Morgan fingerprint density at radius 2 is 1.67 bits per heavy atom. The summed E-state index contributed by atoms with van der Waals surface area (Å²) in [6, 6.07) is 11.8. The van der Waals surface area contributed by atoms with Gasteiger partial charge in [0.15, 0.2) is 0 Å². The van der Waals surface area contributed by atoms with Gasteiger partial charge >= 0.3 is 0 Å². The molecular weight excluding hydrogens is 324 g/mol. The van der Waals surface area contributed by atoms with Crippen molar-refractivity contribution in [3.8, 4) is 0 Å². The van der Waals surface area contributed by atoms with Gasteiger partial charge in [0.25, 0.3) is 15.9 Å². The Balaban J connectivity index is 2.32. The van der Waals surface area contributed by atoms with Crippen LogP contribution in [0.5, 0.6) is 0 Å². The van der Waals surface area contributed by atoms with Gasteiger partial charge < -0.3 is 5.32 Å². The Hall–Kier alpha value is -2.34. The zero-order chi connectivity index (χ0) is 17.9. The summed E-state index contributed by atoms with van der Waals surface area (Å²) >= 11 is 0. The van der Waals surface area contributed by atoms with Crippen LogP contribution in [0.4, 0.5) is 5.69 Å². The maximum atomic E-state index is 12.6. The molecule has 1 amide bonds. The van der Waals surface area contributed by atoms with E-state index in [-0.39, 0.29) is 10.8 Å². The van der Waals surface area contributed by atoms with E-state index in [1.165, 1.54) is 19.2 Å². The molecule has 0 aliphatic heterocycles. The van der Waals surface area contributed by atoms with Gasteiger partial charge in [0.05, 0.1) is 4.90 Å². The molecule has 24 heavy (non-hydrogen) atoms. The van der Waals surface area contributed by atoms with E-state index in [0.717, 1.165) is 11.1 Å². The quantitative estimate of drug-likeness (QED) is 0.872. The average molecular weight is 346 g/mol. The summed E-state index contributed by atoms with van der Waals surface area (Å²) in [5.74, 6) is 0.0636. The Labute approximate surface area is 143 Å². The Bertz CT molecular complexity index is 841. The highest BCUT2D eigenvalue weighted by molar-refractivity contribution is 7.92. The monoisotopic (exact) mass is 346 g/mol. The number of benzene rings is 2. The standard InChI is InChI=1S/C18H22N2O3S/c1-12(2)14-6-8-15(9-7-14)20-24(22,23)16-10-5-13(3)17(11-16)18(21)19-4/h5-12,20H,1-4H3,(H,19,21). The second kappa shape index (κ2) is 7.05. The van der Waals surface area contributed by atoms with Crippen LogP contribution in [0.25, 0.3) is 0 Å². The average Bonchev–Trinajstić information content (AvgIpc) is 2.54. The summed E-state index contributed by atoms with van der Waals surface area (Å²) in [6.07, 6.45) is 0. The molecule has 6 heteroatoms. The predicted octanol–water partition coefficient (Wildman–Crippen LogP) is 3.28. The predicted molar refractivity (Wildman–Crippen MR) is 95.9 cm³/mol. The number of hydrogen-bond acceptors (Lipinski definition) is 3. The summed E-state index contributed by atoms with van der Waals surface area (Å²) in [7, 11) is -2.25. The first-order chi connectivity index (χ1) is 11.2. The first kappa shape index (κ1) is 18.0. The Kier molecular flexibility index (Phi) is 5.29. The zero-order valence-electron chi connectivity index (χ0n) is 14.3. The van der Waals surface area contributed by atoms with Crippen molar-refractivity contribution in [2.75, 3.05) is 11.8 Å². The van der Waals surface area contributed by atoms with E-state index < -0.39 is 10.0 Å². The number of rotatable bonds is 5. The van der Waals surface area contributed by atoms with Crippen LogP contribution in [0.3, 0.4) is 0 Å². The molecule has 0 atom stereocenters. The van der Waals surface area contributed by atoms with Gasteiger partial charge in [0, 0.05) is 18.3 Å². The molecule has 2 aromatic rings. The first-order valence-corrected chi connectivity index (χ1v) is 9.18. The van der Waals surface area contributed by atoms with Crippen LogP contribution < -0.4 is 10.0 Å². The van der Waals surface area contributed by atoms with Crippen molar-refractivity contribution >= 4 is 21.6 Å². The van der Waals surface area contributed by atoms with Crippen LogP contribution in [-0.2, 0) is 10.0 Å². The van der Waals surface area contributed by atoms with Crippen LogP contribution in [0.2, 0.25) is 0 Å². The van der Waals surface area contributed by atoms with E-state index in [9.17, 15) is 13.2 Å². The van der Waals surface area contributed by atoms with Crippen LogP contribution in [0, 0.1) is 6.92 Å². The van der Waals surface area contributed by atoms with Gasteiger partial charge in [-0.05, 0) is 48.2 Å². The highest BCUT2D eigenvalue weighted by atomic mass is 32.2. The van der Waals surface area contributed by atoms with Crippen LogP contribution in [0.1, 0.15) is 41.3 Å². The summed E-state index contributed by atoms with van der Waals surface area (Å²) in [5.41, 5.74) is 2.68. The lowest BCUT2D eigenvalue weighted by Crippen LogP contribution is -2.20. The number of anilines is 1. The van der Waals surface area contributed by atoms with Crippen LogP contribution >= 0.6 is 0 Å². The van der Waals surface area contributed by atoms with Gasteiger partial charge in [-0.25, -0.2) is 8.42 Å². The van der Waals surface area contributed by atoms with Gasteiger partial charge in [0.2, 0.25) is 0 Å². The van der Waals surface area contributed by atoms with Crippen molar-refractivity contribution in [2.45, 2.75) is 31.6 Å². The van der Waals surface area contributed by atoms with Gasteiger partial charge in [0.1, 0.15) is 0 Å². The van der Waals surface area contributed by atoms with Crippen LogP contribution in [0.15, 0.2) is 47.4 Å². The highest BCUT2D eigenvalue weighted by Crippen LogP contribution is 2.21. The minimum Gasteiger partial charge on any atom is -0.355 e. The minimum absolute atomic E-state index is 0.0552. The topological polar surface area (TPSA) is 75.3 Å². The lowest BCUT2D eigenvalue weighted by atomic mass is 10.0. The number of carbonyl (C=O) groups excluding carboxylic acids is 1. The van der Waals surface area contributed by atoms with Gasteiger partial charge in [-0.15, -0.1) is 0 Å². The molecule has 0 bridgehead atoms. The maximum absolute atomic E-state index is 12.6. The third-order valence-electron chi connectivity index (χ3n) is 3.82. The molecule has 2 rings (SSSR count). The smallest absolute Gasteiger partial charge is 0.261 e.